The number of nitrogens with two attached hydrogens (primary N) is 1. The first-order chi connectivity index (χ1) is 9.63. The SMILES string of the molecule is Cc1ccc(F)c(C(NN)C2Cc3ccccc32)c1F. The van der Waals surface area contributed by atoms with Crippen molar-refractivity contribution in [2.45, 2.75) is 25.3 Å². The maximum atomic E-state index is 14.3. The van der Waals surface area contributed by atoms with Crippen LogP contribution in [0.15, 0.2) is 36.4 Å². The Morgan fingerprint density at radius 1 is 1.20 bits per heavy atom. The minimum atomic E-state index is -0.555. The lowest BCUT2D eigenvalue weighted by atomic mass is 9.71. The van der Waals surface area contributed by atoms with Crippen LogP contribution in [0.5, 0.6) is 0 Å². The van der Waals surface area contributed by atoms with Crippen molar-refractivity contribution in [1.82, 2.24) is 5.43 Å². The third-order valence-electron chi connectivity index (χ3n) is 4.11. The molecule has 0 aliphatic heterocycles. The molecule has 2 aromatic rings. The molecule has 2 unspecified atom stereocenters. The minimum absolute atomic E-state index is 0.00185. The number of benzene rings is 2. The van der Waals surface area contributed by atoms with Crippen molar-refractivity contribution in [3.8, 4) is 0 Å². The molecule has 2 atom stereocenters. The Bertz CT molecular complexity index is 655. The van der Waals surface area contributed by atoms with Crippen molar-refractivity contribution in [3.63, 3.8) is 0 Å². The van der Waals surface area contributed by atoms with Crippen LogP contribution in [-0.4, -0.2) is 0 Å². The molecule has 104 valence electrons. The van der Waals surface area contributed by atoms with Gasteiger partial charge in [0.1, 0.15) is 11.6 Å². The molecule has 4 heteroatoms. The maximum Gasteiger partial charge on any atom is 0.133 e. The average molecular weight is 274 g/mol. The molecule has 0 aromatic heterocycles. The highest BCUT2D eigenvalue weighted by Gasteiger charge is 2.36. The van der Waals surface area contributed by atoms with E-state index >= 15 is 0 Å². The number of aryl methyl sites for hydroxylation is 1. The van der Waals surface area contributed by atoms with Gasteiger partial charge in [0, 0.05) is 11.5 Å². The monoisotopic (exact) mass is 274 g/mol. The summed E-state index contributed by atoms with van der Waals surface area (Å²) in [5.74, 6) is 4.51. The van der Waals surface area contributed by atoms with Crippen molar-refractivity contribution >= 4 is 0 Å². The van der Waals surface area contributed by atoms with E-state index in [1.54, 1.807) is 6.92 Å². The van der Waals surface area contributed by atoms with Crippen LogP contribution < -0.4 is 11.3 Å². The van der Waals surface area contributed by atoms with Crippen LogP contribution in [0.1, 0.15) is 34.2 Å². The van der Waals surface area contributed by atoms with Crippen molar-refractivity contribution in [1.29, 1.82) is 0 Å². The molecular formula is C16H16F2N2. The third-order valence-corrected chi connectivity index (χ3v) is 4.11. The Morgan fingerprint density at radius 3 is 2.65 bits per heavy atom. The lowest BCUT2D eigenvalue weighted by Crippen LogP contribution is -2.38. The second-order valence-corrected chi connectivity index (χ2v) is 5.25. The summed E-state index contributed by atoms with van der Waals surface area (Å²) < 4.78 is 28.3. The highest BCUT2D eigenvalue weighted by atomic mass is 19.1. The lowest BCUT2D eigenvalue weighted by Gasteiger charge is -2.36. The quantitative estimate of drug-likeness (QED) is 0.666. The number of hydrazine groups is 1. The fourth-order valence-electron chi connectivity index (χ4n) is 2.96. The zero-order chi connectivity index (χ0) is 14.3. The van der Waals surface area contributed by atoms with E-state index in [0.29, 0.717) is 5.56 Å². The number of fused-ring (bicyclic) bond motifs is 1. The van der Waals surface area contributed by atoms with E-state index in [1.165, 1.54) is 17.7 Å². The summed E-state index contributed by atoms with van der Waals surface area (Å²) in [5, 5.41) is 0. The molecule has 0 spiro atoms. The van der Waals surface area contributed by atoms with Gasteiger partial charge in [0.25, 0.3) is 0 Å². The molecule has 1 aliphatic rings. The van der Waals surface area contributed by atoms with E-state index in [-0.39, 0.29) is 11.5 Å². The largest absolute Gasteiger partial charge is 0.271 e. The van der Waals surface area contributed by atoms with Gasteiger partial charge in [-0.05, 0) is 36.1 Å². The molecule has 2 nitrogen and oxygen atoms in total. The lowest BCUT2D eigenvalue weighted by molar-refractivity contribution is 0.387. The summed E-state index contributed by atoms with van der Waals surface area (Å²) in [5.41, 5.74) is 5.37. The van der Waals surface area contributed by atoms with Crippen LogP contribution in [0.2, 0.25) is 0 Å². The fraction of sp³-hybridized carbons (Fsp3) is 0.250. The van der Waals surface area contributed by atoms with Crippen molar-refractivity contribution in [2.24, 2.45) is 5.84 Å². The molecule has 1 aliphatic carbocycles. The molecule has 20 heavy (non-hydrogen) atoms. The zero-order valence-electron chi connectivity index (χ0n) is 11.2. The van der Waals surface area contributed by atoms with Crippen LogP contribution in [0, 0.1) is 18.6 Å². The van der Waals surface area contributed by atoms with Crippen LogP contribution in [-0.2, 0) is 6.42 Å². The van der Waals surface area contributed by atoms with Crippen molar-refractivity contribution in [3.05, 3.63) is 70.3 Å². The van der Waals surface area contributed by atoms with Gasteiger partial charge in [-0.2, -0.15) is 0 Å². The third kappa shape index (κ3) is 1.92. The highest BCUT2D eigenvalue weighted by molar-refractivity contribution is 5.44. The molecule has 0 radical (unpaired) electrons. The molecule has 2 aromatic carbocycles. The Labute approximate surface area is 116 Å². The van der Waals surface area contributed by atoms with Gasteiger partial charge in [-0.25, -0.2) is 8.78 Å². The molecule has 3 rings (SSSR count). The smallest absolute Gasteiger partial charge is 0.133 e. The normalized spacial score (nSPS) is 18.3. The number of halogens is 2. The van der Waals surface area contributed by atoms with Crippen LogP contribution >= 0.6 is 0 Å². The molecule has 0 fully saturated rings. The summed E-state index contributed by atoms with van der Waals surface area (Å²) in [6.45, 7) is 1.63. The minimum Gasteiger partial charge on any atom is -0.271 e. The van der Waals surface area contributed by atoms with E-state index in [4.69, 9.17) is 5.84 Å². The topological polar surface area (TPSA) is 38.0 Å². The van der Waals surface area contributed by atoms with E-state index < -0.39 is 17.7 Å². The van der Waals surface area contributed by atoms with E-state index in [9.17, 15) is 8.78 Å². The predicted octanol–water partition coefficient (Wildman–Crippen LogP) is 3.12. The van der Waals surface area contributed by atoms with Gasteiger partial charge < -0.3 is 0 Å². The number of nitrogens with one attached hydrogen (secondary N) is 1. The summed E-state index contributed by atoms with van der Waals surface area (Å²) in [4.78, 5) is 0. The second-order valence-electron chi connectivity index (χ2n) is 5.25. The fourth-order valence-corrected chi connectivity index (χ4v) is 2.96. The van der Waals surface area contributed by atoms with Gasteiger partial charge in [0.2, 0.25) is 0 Å². The maximum absolute atomic E-state index is 14.3. The molecule has 0 bridgehead atoms. The number of rotatable bonds is 3. The van der Waals surface area contributed by atoms with Crippen LogP contribution in [0.3, 0.4) is 0 Å². The standard InChI is InChI=1S/C16H16F2N2/c1-9-6-7-13(17)14(15(9)18)16(20-19)12-8-10-4-2-3-5-11(10)12/h2-7,12,16,20H,8,19H2,1H3. The second kappa shape index (κ2) is 4.96. The Balaban J connectivity index is 2.03. The molecule has 0 heterocycles. The highest BCUT2D eigenvalue weighted by Crippen LogP contribution is 2.44. The number of hydrogen-bond acceptors (Lipinski definition) is 2. The molecular weight excluding hydrogens is 258 g/mol. The summed E-state index contributed by atoms with van der Waals surface area (Å²) in [6, 6.07) is 10.1. The molecule has 0 saturated carbocycles. The van der Waals surface area contributed by atoms with Gasteiger partial charge in [-0.3, -0.25) is 11.3 Å². The van der Waals surface area contributed by atoms with Gasteiger partial charge in [0.05, 0.1) is 6.04 Å². The van der Waals surface area contributed by atoms with E-state index in [1.807, 2.05) is 24.3 Å². The summed E-state index contributed by atoms with van der Waals surface area (Å²) in [6.07, 6.45) is 0.776. The Hall–Kier alpha value is -1.78. The molecule has 0 saturated heterocycles. The van der Waals surface area contributed by atoms with Crippen molar-refractivity contribution in [2.75, 3.05) is 0 Å². The number of hydrogen-bond donors (Lipinski definition) is 2. The molecule has 0 amide bonds. The first-order valence-corrected chi connectivity index (χ1v) is 6.62. The predicted molar refractivity (Wildman–Crippen MR) is 74.0 cm³/mol. The van der Waals surface area contributed by atoms with Gasteiger partial charge in [-0.1, -0.05) is 30.3 Å². The Kier molecular flexibility index (Phi) is 3.28. The Morgan fingerprint density at radius 2 is 1.95 bits per heavy atom. The van der Waals surface area contributed by atoms with Gasteiger partial charge in [0.15, 0.2) is 0 Å². The van der Waals surface area contributed by atoms with Crippen LogP contribution in [0.25, 0.3) is 0 Å². The van der Waals surface area contributed by atoms with Crippen molar-refractivity contribution < 1.29 is 8.78 Å². The van der Waals surface area contributed by atoms with Gasteiger partial charge in [-0.15, -0.1) is 0 Å². The first-order valence-electron chi connectivity index (χ1n) is 6.62. The van der Waals surface area contributed by atoms with Crippen LogP contribution in [0.4, 0.5) is 8.78 Å². The average Bonchev–Trinajstić information content (AvgIpc) is 2.43. The van der Waals surface area contributed by atoms with E-state index in [2.05, 4.69) is 5.43 Å². The summed E-state index contributed by atoms with van der Waals surface area (Å²) >= 11 is 0. The zero-order valence-corrected chi connectivity index (χ0v) is 11.2. The first kappa shape index (κ1) is 13.2. The summed E-state index contributed by atoms with van der Waals surface area (Å²) in [7, 11) is 0. The molecule has 3 N–H and O–H groups in total. The van der Waals surface area contributed by atoms with Gasteiger partial charge >= 0.3 is 0 Å². The van der Waals surface area contributed by atoms with E-state index in [0.717, 1.165) is 12.0 Å².